The third kappa shape index (κ3) is 4.10. The second-order valence-corrected chi connectivity index (χ2v) is 5.92. The molecule has 2 aromatic carbocycles. The average molecular weight is 329 g/mol. The molecule has 1 aromatic heterocycles. The Morgan fingerprint density at radius 2 is 1.91 bits per heavy atom. The summed E-state index contributed by atoms with van der Waals surface area (Å²) in [6, 6.07) is 16.2. The molecule has 3 aromatic rings. The highest BCUT2D eigenvalue weighted by Crippen LogP contribution is 2.22. The lowest BCUT2D eigenvalue weighted by Gasteiger charge is -2.06. The highest BCUT2D eigenvalue weighted by Gasteiger charge is 2.10. The van der Waals surface area contributed by atoms with Crippen molar-refractivity contribution >= 4 is 11.8 Å². The third-order valence-electron chi connectivity index (χ3n) is 3.29. The minimum Gasteiger partial charge on any atom is -0.486 e. The van der Waals surface area contributed by atoms with Crippen LogP contribution in [0.2, 0.25) is 0 Å². The largest absolute Gasteiger partial charge is 0.486 e. The molecule has 0 aliphatic carbocycles. The number of thioether (sulfide) groups is 1. The van der Waals surface area contributed by atoms with Gasteiger partial charge >= 0.3 is 0 Å². The van der Waals surface area contributed by atoms with Crippen LogP contribution in [0.3, 0.4) is 0 Å². The lowest BCUT2D eigenvalue weighted by molar-refractivity contribution is 0.290. The highest BCUT2D eigenvalue weighted by atomic mass is 32.2. The molecular formula is C17H16FN3OS. The fraction of sp³-hybridized carbons (Fsp3) is 0.176. The van der Waals surface area contributed by atoms with E-state index < -0.39 is 0 Å². The Bertz CT molecular complexity index is 777. The van der Waals surface area contributed by atoms with E-state index in [4.69, 9.17) is 4.74 Å². The molecule has 0 aliphatic heterocycles. The predicted molar refractivity (Wildman–Crippen MR) is 87.7 cm³/mol. The molecule has 3 rings (SSSR count). The SMILES string of the molecule is Cn1c(COc2ccccc2)nnc1SCc1cccc(F)c1. The van der Waals surface area contributed by atoms with E-state index in [1.54, 1.807) is 6.07 Å². The molecule has 6 heteroatoms. The van der Waals surface area contributed by atoms with Crippen molar-refractivity contribution in [2.24, 2.45) is 7.05 Å². The van der Waals surface area contributed by atoms with Gasteiger partial charge in [0.25, 0.3) is 0 Å². The van der Waals surface area contributed by atoms with Gasteiger partial charge in [-0.25, -0.2) is 4.39 Å². The van der Waals surface area contributed by atoms with Gasteiger partial charge in [-0.05, 0) is 29.8 Å². The summed E-state index contributed by atoms with van der Waals surface area (Å²) in [6.07, 6.45) is 0. The number of rotatable bonds is 6. The first-order chi connectivity index (χ1) is 11.2. The van der Waals surface area contributed by atoms with Gasteiger partial charge in [0, 0.05) is 12.8 Å². The fourth-order valence-electron chi connectivity index (χ4n) is 2.04. The normalized spacial score (nSPS) is 10.7. The molecule has 0 N–H and O–H groups in total. The maximum atomic E-state index is 13.2. The van der Waals surface area contributed by atoms with E-state index in [-0.39, 0.29) is 5.82 Å². The molecule has 0 saturated heterocycles. The van der Waals surface area contributed by atoms with Crippen LogP contribution in [-0.2, 0) is 19.4 Å². The zero-order valence-corrected chi connectivity index (χ0v) is 13.5. The van der Waals surface area contributed by atoms with Gasteiger partial charge in [0.15, 0.2) is 11.0 Å². The minimum absolute atomic E-state index is 0.224. The summed E-state index contributed by atoms with van der Waals surface area (Å²) in [4.78, 5) is 0. The van der Waals surface area contributed by atoms with Crippen molar-refractivity contribution in [1.82, 2.24) is 14.8 Å². The summed E-state index contributed by atoms with van der Waals surface area (Å²) in [5.41, 5.74) is 0.917. The molecule has 23 heavy (non-hydrogen) atoms. The Morgan fingerprint density at radius 1 is 1.09 bits per heavy atom. The van der Waals surface area contributed by atoms with Crippen LogP contribution < -0.4 is 4.74 Å². The lowest BCUT2D eigenvalue weighted by Crippen LogP contribution is -2.04. The third-order valence-corrected chi connectivity index (χ3v) is 4.38. The summed E-state index contributed by atoms with van der Waals surface area (Å²) in [5.74, 6) is 1.96. The van der Waals surface area contributed by atoms with E-state index in [1.807, 2.05) is 48.0 Å². The van der Waals surface area contributed by atoms with Gasteiger partial charge in [0.2, 0.25) is 0 Å². The predicted octanol–water partition coefficient (Wildman–Crippen LogP) is 3.83. The molecule has 4 nitrogen and oxygen atoms in total. The Hall–Kier alpha value is -2.34. The second-order valence-electron chi connectivity index (χ2n) is 4.98. The van der Waals surface area contributed by atoms with E-state index in [1.165, 1.54) is 23.9 Å². The Kier molecular flexibility index (Phi) is 4.92. The quantitative estimate of drug-likeness (QED) is 0.645. The first kappa shape index (κ1) is 15.6. The molecule has 0 spiro atoms. The number of ether oxygens (including phenoxy) is 1. The van der Waals surface area contributed by atoms with Gasteiger partial charge in [-0.3, -0.25) is 0 Å². The molecule has 0 radical (unpaired) electrons. The van der Waals surface area contributed by atoms with Crippen LogP contribution in [-0.4, -0.2) is 14.8 Å². The van der Waals surface area contributed by atoms with Crippen molar-refractivity contribution in [3.63, 3.8) is 0 Å². The summed E-state index contributed by atoms with van der Waals surface area (Å²) in [6.45, 7) is 0.355. The molecule has 0 amide bonds. The van der Waals surface area contributed by atoms with E-state index >= 15 is 0 Å². The smallest absolute Gasteiger partial charge is 0.191 e. The van der Waals surface area contributed by atoms with Gasteiger partial charge in [-0.2, -0.15) is 0 Å². The van der Waals surface area contributed by atoms with Crippen LogP contribution in [0.15, 0.2) is 59.8 Å². The van der Waals surface area contributed by atoms with Crippen LogP contribution >= 0.6 is 11.8 Å². The number of aromatic nitrogens is 3. The molecular weight excluding hydrogens is 313 g/mol. The first-order valence-corrected chi connectivity index (χ1v) is 8.14. The summed E-state index contributed by atoms with van der Waals surface area (Å²) in [7, 11) is 1.90. The average Bonchev–Trinajstić information content (AvgIpc) is 2.92. The zero-order chi connectivity index (χ0) is 16.1. The van der Waals surface area contributed by atoms with Gasteiger partial charge in [0.1, 0.15) is 18.2 Å². The van der Waals surface area contributed by atoms with E-state index in [0.717, 1.165) is 22.3 Å². The maximum Gasteiger partial charge on any atom is 0.191 e. The van der Waals surface area contributed by atoms with Crippen LogP contribution in [0.1, 0.15) is 11.4 Å². The molecule has 0 unspecified atom stereocenters. The van der Waals surface area contributed by atoms with Gasteiger partial charge < -0.3 is 9.30 Å². The van der Waals surface area contributed by atoms with Crippen LogP contribution in [0, 0.1) is 5.82 Å². The van der Waals surface area contributed by atoms with Crippen molar-refractivity contribution in [1.29, 1.82) is 0 Å². The zero-order valence-electron chi connectivity index (χ0n) is 12.6. The number of para-hydroxylation sites is 1. The molecule has 0 saturated carbocycles. The van der Waals surface area contributed by atoms with Crippen molar-refractivity contribution in [2.75, 3.05) is 0 Å². The lowest BCUT2D eigenvalue weighted by atomic mass is 10.2. The van der Waals surface area contributed by atoms with Gasteiger partial charge in [-0.15, -0.1) is 10.2 Å². The van der Waals surface area contributed by atoms with E-state index in [0.29, 0.717) is 12.4 Å². The van der Waals surface area contributed by atoms with Crippen LogP contribution in [0.4, 0.5) is 4.39 Å². The number of hydrogen-bond acceptors (Lipinski definition) is 4. The molecule has 0 fully saturated rings. The molecule has 0 atom stereocenters. The van der Waals surface area contributed by atoms with Crippen molar-refractivity contribution in [3.8, 4) is 5.75 Å². The first-order valence-electron chi connectivity index (χ1n) is 7.16. The summed E-state index contributed by atoms with van der Waals surface area (Å²) < 4.78 is 20.8. The van der Waals surface area contributed by atoms with Crippen molar-refractivity contribution in [3.05, 3.63) is 71.8 Å². The van der Waals surface area contributed by atoms with Gasteiger partial charge in [0.05, 0.1) is 0 Å². The van der Waals surface area contributed by atoms with Crippen LogP contribution in [0.25, 0.3) is 0 Å². The number of nitrogens with zero attached hydrogens (tertiary/aromatic N) is 3. The summed E-state index contributed by atoms with van der Waals surface area (Å²) in [5, 5.41) is 9.10. The maximum absolute atomic E-state index is 13.2. The number of hydrogen-bond donors (Lipinski definition) is 0. The van der Waals surface area contributed by atoms with Crippen molar-refractivity contribution in [2.45, 2.75) is 17.5 Å². The van der Waals surface area contributed by atoms with E-state index in [2.05, 4.69) is 10.2 Å². The standard InChI is InChI=1S/C17H16FN3OS/c1-21-16(11-22-15-8-3-2-4-9-15)19-20-17(21)23-12-13-6-5-7-14(18)10-13/h2-10H,11-12H2,1H3. The highest BCUT2D eigenvalue weighted by molar-refractivity contribution is 7.98. The topological polar surface area (TPSA) is 39.9 Å². The van der Waals surface area contributed by atoms with Crippen molar-refractivity contribution < 1.29 is 9.13 Å². The fourth-order valence-corrected chi connectivity index (χ4v) is 2.91. The molecule has 0 aliphatic rings. The Morgan fingerprint density at radius 3 is 2.70 bits per heavy atom. The number of halogens is 1. The van der Waals surface area contributed by atoms with E-state index in [9.17, 15) is 4.39 Å². The molecule has 0 bridgehead atoms. The summed E-state index contributed by atoms with van der Waals surface area (Å²) >= 11 is 1.52. The molecule has 1 heterocycles. The van der Waals surface area contributed by atoms with Crippen LogP contribution in [0.5, 0.6) is 5.75 Å². The monoisotopic (exact) mass is 329 g/mol. The van der Waals surface area contributed by atoms with Gasteiger partial charge in [-0.1, -0.05) is 42.1 Å². The minimum atomic E-state index is -0.224. The Balaban J connectivity index is 1.60. The Labute approximate surface area is 138 Å². The second kappa shape index (κ2) is 7.28. The number of benzene rings is 2. The molecule has 118 valence electrons.